The Balaban J connectivity index is 2.07. The van der Waals surface area contributed by atoms with E-state index in [9.17, 15) is 0 Å². The number of ether oxygens (including phenoxy) is 1. The standard InChI is InChI=1S/C15H22N2O2/c1-11-7-8-13(15(16)17-18)14(9-11)19-10-12-5-3-2-4-6-12/h7-9,12,18H,2-6,10H2,1H3,(H2,16,17). The molecule has 4 heteroatoms. The first-order valence-electron chi connectivity index (χ1n) is 6.92. The van der Waals surface area contributed by atoms with Crippen molar-refractivity contribution in [2.45, 2.75) is 39.0 Å². The number of hydrogen-bond donors (Lipinski definition) is 2. The third-order valence-electron chi connectivity index (χ3n) is 3.72. The molecule has 19 heavy (non-hydrogen) atoms. The molecule has 0 bridgehead atoms. The predicted octanol–water partition coefficient (Wildman–Crippen LogP) is 3.05. The second kappa shape index (κ2) is 6.45. The number of aryl methyl sites for hydroxylation is 1. The molecule has 0 heterocycles. The Hall–Kier alpha value is -1.71. The van der Waals surface area contributed by atoms with Crippen molar-refractivity contribution in [2.24, 2.45) is 16.8 Å². The smallest absolute Gasteiger partial charge is 0.173 e. The van der Waals surface area contributed by atoms with Gasteiger partial charge in [-0.3, -0.25) is 0 Å². The van der Waals surface area contributed by atoms with Crippen LogP contribution in [0.15, 0.2) is 23.4 Å². The van der Waals surface area contributed by atoms with Crippen LogP contribution in [0.25, 0.3) is 0 Å². The topological polar surface area (TPSA) is 67.8 Å². The minimum absolute atomic E-state index is 0.0960. The fourth-order valence-electron chi connectivity index (χ4n) is 2.58. The van der Waals surface area contributed by atoms with Crippen LogP contribution in [0.4, 0.5) is 0 Å². The van der Waals surface area contributed by atoms with Gasteiger partial charge in [0.2, 0.25) is 0 Å². The van der Waals surface area contributed by atoms with Gasteiger partial charge in [0.25, 0.3) is 0 Å². The monoisotopic (exact) mass is 262 g/mol. The van der Waals surface area contributed by atoms with E-state index in [2.05, 4.69) is 5.16 Å². The third-order valence-corrected chi connectivity index (χ3v) is 3.72. The van der Waals surface area contributed by atoms with Crippen LogP contribution in [0.2, 0.25) is 0 Å². The maximum Gasteiger partial charge on any atom is 0.173 e. The Labute approximate surface area is 114 Å². The minimum Gasteiger partial charge on any atom is -0.493 e. The molecule has 0 unspecified atom stereocenters. The van der Waals surface area contributed by atoms with Crippen LogP contribution < -0.4 is 10.5 Å². The number of benzene rings is 1. The summed E-state index contributed by atoms with van der Waals surface area (Å²) in [5.74, 6) is 1.44. The number of oxime groups is 1. The van der Waals surface area contributed by atoms with E-state index in [1.165, 1.54) is 32.1 Å². The average molecular weight is 262 g/mol. The Bertz CT molecular complexity index is 451. The van der Waals surface area contributed by atoms with Gasteiger partial charge in [0.05, 0.1) is 12.2 Å². The van der Waals surface area contributed by atoms with Crippen molar-refractivity contribution >= 4 is 5.84 Å². The zero-order valence-electron chi connectivity index (χ0n) is 11.4. The lowest BCUT2D eigenvalue weighted by atomic mass is 9.90. The van der Waals surface area contributed by atoms with Crippen molar-refractivity contribution in [2.75, 3.05) is 6.61 Å². The Kier molecular flexibility index (Phi) is 4.66. The van der Waals surface area contributed by atoms with Crippen LogP contribution in [0.3, 0.4) is 0 Å². The summed E-state index contributed by atoms with van der Waals surface area (Å²) in [6, 6.07) is 5.71. The number of nitrogens with zero attached hydrogens (tertiary/aromatic N) is 1. The Morgan fingerprint density at radius 2 is 2.11 bits per heavy atom. The molecule has 1 aliphatic rings. The van der Waals surface area contributed by atoms with Crippen LogP contribution in [-0.2, 0) is 0 Å². The molecular formula is C15H22N2O2. The van der Waals surface area contributed by atoms with Gasteiger partial charge in [-0.25, -0.2) is 0 Å². The van der Waals surface area contributed by atoms with Gasteiger partial charge < -0.3 is 15.7 Å². The number of hydrogen-bond acceptors (Lipinski definition) is 3. The zero-order chi connectivity index (χ0) is 13.7. The van der Waals surface area contributed by atoms with Crippen LogP contribution in [0, 0.1) is 12.8 Å². The van der Waals surface area contributed by atoms with E-state index in [-0.39, 0.29) is 5.84 Å². The normalized spacial score (nSPS) is 17.4. The highest BCUT2D eigenvalue weighted by atomic mass is 16.5. The van der Waals surface area contributed by atoms with Crippen LogP contribution in [-0.4, -0.2) is 17.6 Å². The molecule has 0 atom stereocenters. The molecule has 1 aromatic carbocycles. The van der Waals surface area contributed by atoms with Gasteiger partial charge in [-0.1, -0.05) is 30.5 Å². The van der Waals surface area contributed by atoms with Gasteiger partial charge in [0.1, 0.15) is 5.75 Å². The number of amidine groups is 1. The van der Waals surface area contributed by atoms with Gasteiger partial charge in [0.15, 0.2) is 5.84 Å². The lowest BCUT2D eigenvalue weighted by Gasteiger charge is -2.22. The van der Waals surface area contributed by atoms with E-state index in [0.717, 1.165) is 12.2 Å². The average Bonchev–Trinajstić information content (AvgIpc) is 2.45. The second-order valence-electron chi connectivity index (χ2n) is 5.30. The summed E-state index contributed by atoms with van der Waals surface area (Å²) in [6.07, 6.45) is 6.43. The van der Waals surface area contributed by atoms with Gasteiger partial charge in [-0.15, -0.1) is 0 Å². The van der Waals surface area contributed by atoms with E-state index in [1.54, 1.807) is 0 Å². The van der Waals surface area contributed by atoms with Gasteiger partial charge in [-0.05, 0) is 43.4 Å². The quantitative estimate of drug-likeness (QED) is 0.379. The van der Waals surface area contributed by atoms with Gasteiger partial charge in [0, 0.05) is 0 Å². The van der Waals surface area contributed by atoms with Crippen molar-refractivity contribution in [3.05, 3.63) is 29.3 Å². The molecule has 1 fully saturated rings. The zero-order valence-corrected chi connectivity index (χ0v) is 11.4. The van der Waals surface area contributed by atoms with Crippen molar-refractivity contribution in [1.29, 1.82) is 0 Å². The highest BCUT2D eigenvalue weighted by Crippen LogP contribution is 2.26. The van der Waals surface area contributed by atoms with Crippen molar-refractivity contribution in [1.82, 2.24) is 0 Å². The predicted molar refractivity (Wildman–Crippen MR) is 75.8 cm³/mol. The maximum absolute atomic E-state index is 8.81. The maximum atomic E-state index is 8.81. The molecule has 0 aliphatic heterocycles. The summed E-state index contributed by atoms with van der Waals surface area (Å²) in [6.45, 7) is 2.72. The Morgan fingerprint density at radius 3 is 2.79 bits per heavy atom. The Morgan fingerprint density at radius 1 is 1.37 bits per heavy atom. The molecule has 1 aromatic rings. The molecule has 0 saturated heterocycles. The summed E-state index contributed by atoms with van der Waals surface area (Å²) in [5, 5.41) is 11.9. The fraction of sp³-hybridized carbons (Fsp3) is 0.533. The highest BCUT2D eigenvalue weighted by Gasteiger charge is 2.15. The molecule has 4 nitrogen and oxygen atoms in total. The molecular weight excluding hydrogens is 240 g/mol. The van der Waals surface area contributed by atoms with Crippen LogP contribution in [0.1, 0.15) is 43.2 Å². The molecule has 1 aliphatic carbocycles. The lowest BCUT2D eigenvalue weighted by Crippen LogP contribution is -2.19. The first kappa shape index (κ1) is 13.7. The molecule has 1 saturated carbocycles. The fourth-order valence-corrected chi connectivity index (χ4v) is 2.58. The second-order valence-corrected chi connectivity index (χ2v) is 5.30. The summed E-state index contributed by atoms with van der Waals surface area (Å²) < 4.78 is 5.91. The van der Waals surface area contributed by atoms with Gasteiger partial charge >= 0.3 is 0 Å². The van der Waals surface area contributed by atoms with Crippen molar-refractivity contribution in [3.8, 4) is 5.75 Å². The van der Waals surface area contributed by atoms with Crippen molar-refractivity contribution < 1.29 is 9.94 Å². The summed E-state index contributed by atoms with van der Waals surface area (Å²) in [7, 11) is 0. The molecule has 0 spiro atoms. The summed E-state index contributed by atoms with van der Waals surface area (Å²) in [4.78, 5) is 0. The molecule has 0 amide bonds. The molecule has 2 rings (SSSR count). The molecule has 104 valence electrons. The number of rotatable bonds is 4. The minimum atomic E-state index is 0.0960. The van der Waals surface area contributed by atoms with E-state index in [1.807, 2.05) is 25.1 Å². The first-order valence-corrected chi connectivity index (χ1v) is 6.92. The van der Waals surface area contributed by atoms with Crippen LogP contribution >= 0.6 is 0 Å². The molecule has 0 radical (unpaired) electrons. The summed E-state index contributed by atoms with van der Waals surface area (Å²) >= 11 is 0. The molecule has 3 N–H and O–H groups in total. The number of nitrogens with two attached hydrogens (primary N) is 1. The molecule has 0 aromatic heterocycles. The van der Waals surface area contributed by atoms with E-state index in [0.29, 0.717) is 17.2 Å². The van der Waals surface area contributed by atoms with E-state index in [4.69, 9.17) is 15.7 Å². The van der Waals surface area contributed by atoms with E-state index < -0.39 is 0 Å². The summed E-state index contributed by atoms with van der Waals surface area (Å²) in [5.41, 5.74) is 7.44. The lowest BCUT2D eigenvalue weighted by molar-refractivity contribution is 0.208. The van der Waals surface area contributed by atoms with Gasteiger partial charge in [-0.2, -0.15) is 0 Å². The largest absolute Gasteiger partial charge is 0.493 e. The first-order chi connectivity index (χ1) is 9.20. The highest BCUT2D eigenvalue weighted by molar-refractivity contribution is 5.99. The third kappa shape index (κ3) is 3.63. The van der Waals surface area contributed by atoms with E-state index >= 15 is 0 Å². The van der Waals surface area contributed by atoms with Crippen LogP contribution in [0.5, 0.6) is 5.75 Å². The SMILES string of the molecule is Cc1ccc(C(N)=NO)c(OCC2CCCCC2)c1. The van der Waals surface area contributed by atoms with Crippen molar-refractivity contribution in [3.63, 3.8) is 0 Å².